The van der Waals surface area contributed by atoms with Gasteiger partial charge in [0.25, 0.3) is 0 Å². The van der Waals surface area contributed by atoms with Gasteiger partial charge in [-0.2, -0.15) is 0 Å². The van der Waals surface area contributed by atoms with Crippen molar-refractivity contribution in [1.82, 2.24) is 20.1 Å². The van der Waals surface area contributed by atoms with Gasteiger partial charge < -0.3 is 24.4 Å². The number of likely N-dealkylation sites (tertiary alicyclic amines) is 1. The Labute approximate surface area is 224 Å². The third-order valence-electron chi connectivity index (χ3n) is 7.32. The van der Waals surface area contributed by atoms with E-state index in [0.717, 1.165) is 43.9 Å². The van der Waals surface area contributed by atoms with Crippen molar-refractivity contribution in [3.63, 3.8) is 0 Å². The van der Waals surface area contributed by atoms with Crippen molar-refractivity contribution >= 4 is 6.03 Å². The first-order valence-corrected chi connectivity index (χ1v) is 13.3. The molecule has 8 nitrogen and oxygen atoms in total. The number of pyridine rings is 1. The van der Waals surface area contributed by atoms with E-state index in [1.807, 2.05) is 55.5 Å². The third-order valence-corrected chi connectivity index (χ3v) is 7.32. The fraction of sp³-hybridized carbons (Fsp3) is 0.400. The molecule has 1 aromatic heterocycles. The number of ether oxygens (including phenoxy) is 3. The van der Waals surface area contributed by atoms with E-state index >= 15 is 0 Å². The Morgan fingerprint density at radius 1 is 0.947 bits per heavy atom. The van der Waals surface area contributed by atoms with Crippen molar-refractivity contribution in [1.29, 1.82) is 0 Å². The highest BCUT2D eigenvalue weighted by molar-refractivity contribution is 5.77. The van der Waals surface area contributed by atoms with Crippen LogP contribution < -0.4 is 14.8 Å². The quantitative estimate of drug-likeness (QED) is 0.385. The summed E-state index contributed by atoms with van der Waals surface area (Å²) in [5.74, 6) is 2.06. The maximum Gasteiger partial charge on any atom is 0.318 e. The normalized spacial score (nSPS) is 18.4. The number of urea groups is 1. The molecule has 2 aliphatic heterocycles. The number of hydrogen-bond acceptors (Lipinski definition) is 6. The van der Waals surface area contributed by atoms with Gasteiger partial charge in [0.2, 0.25) is 5.88 Å². The van der Waals surface area contributed by atoms with Crippen LogP contribution in [0.1, 0.15) is 35.7 Å². The summed E-state index contributed by atoms with van der Waals surface area (Å²) in [4.78, 5) is 21.9. The van der Waals surface area contributed by atoms with Crippen LogP contribution in [0.3, 0.4) is 0 Å². The Morgan fingerprint density at radius 2 is 1.68 bits per heavy atom. The fourth-order valence-corrected chi connectivity index (χ4v) is 5.24. The molecule has 5 rings (SSSR count). The number of benzene rings is 2. The van der Waals surface area contributed by atoms with E-state index in [9.17, 15) is 4.79 Å². The molecular formula is C30H36N4O4. The first kappa shape index (κ1) is 26.0. The standard InChI is InChI=1S/C30H36N4O4/c1-22-24(8-13-29(32-22)38-27-11-9-26(10-12-27)37-19-18-36-2)21-33-16-14-25(15-17-33)34-28(20-31-30(34)35)23-6-4-3-5-7-23/h3-13,25,28H,14-21H2,1-2H3,(H,31,35)/t28-/m0/s1. The van der Waals surface area contributed by atoms with Gasteiger partial charge in [0.15, 0.2) is 0 Å². The van der Waals surface area contributed by atoms with Crippen LogP contribution in [0.4, 0.5) is 4.79 Å². The van der Waals surface area contributed by atoms with Crippen LogP contribution in [0.25, 0.3) is 0 Å². The number of carbonyl (C=O) groups is 1. The zero-order chi connectivity index (χ0) is 26.3. The van der Waals surface area contributed by atoms with Gasteiger partial charge in [0, 0.05) is 51.1 Å². The minimum absolute atomic E-state index is 0.0567. The summed E-state index contributed by atoms with van der Waals surface area (Å²) >= 11 is 0. The summed E-state index contributed by atoms with van der Waals surface area (Å²) in [6.45, 7) is 6.51. The molecule has 0 bridgehead atoms. The van der Waals surface area contributed by atoms with Crippen molar-refractivity contribution in [2.24, 2.45) is 0 Å². The SMILES string of the molecule is COCCOc1ccc(Oc2ccc(CN3CCC(N4C(=O)NC[C@H]4c4ccccc4)CC3)c(C)n2)cc1. The van der Waals surface area contributed by atoms with E-state index in [-0.39, 0.29) is 18.1 Å². The van der Waals surface area contributed by atoms with Gasteiger partial charge in [0.1, 0.15) is 18.1 Å². The number of piperidine rings is 1. The van der Waals surface area contributed by atoms with E-state index in [0.29, 0.717) is 31.4 Å². The molecule has 2 aromatic carbocycles. The molecule has 0 spiro atoms. The molecule has 0 aliphatic carbocycles. The molecule has 2 fully saturated rings. The maximum absolute atomic E-state index is 12.7. The fourth-order valence-electron chi connectivity index (χ4n) is 5.24. The molecule has 38 heavy (non-hydrogen) atoms. The van der Waals surface area contributed by atoms with Gasteiger partial charge in [-0.05, 0) is 55.2 Å². The number of amides is 2. The third kappa shape index (κ3) is 6.26. The summed E-state index contributed by atoms with van der Waals surface area (Å²) in [5.41, 5.74) is 3.36. The number of methoxy groups -OCH3 is 1. The molecule has 3 aromatic rings. The highest BCUT2D eigenvalue weighted by atomic mass is 16.5. The van der Waals surface area contributed by atoms with Crippen molar-refractivity contribution < 1.29 is 19.0 Å². The van der Waals surface area contributed by atoms with Crippen LogP contribution in [0.15, 0.2) is 66.7 Å². The number of rotatable bonds is 10. The summed E-state index contributed by atoms with van der Waals surface area (Å²) < 4.78 is 16.6. The van der Waals surface area contributed by atoms with Crippen LogP contribution >= 0.6 is 0 Å². The molecule has 0 unspecified atom stereocenters. The van der Waals surface area contributed by atoms with Gasteiger partial charge in [0.05, 0.1) is 12.6 Å². The first-order chi connectivity index (χ1) is 18.6. The Morgan fingerprint density at radius 3 is 2.39 bits per heavy atom. The molecule has 1 atom stereocenters. The lowest BCUT2D eigenvalue weighted by Crippen LogP contribution is -2.46. The van der Waals surface area contributed by atoms with Crippen LogP contribution in [-0.4, -0.2) is 66.8 Å². The predicted octanol–water partition coefficient (Wildman–Crippen LogP) is 4.94. The van der Waals surface area contributed by atoms with Crippen LogP contribution in [0, 0.1) is 6.92 Å². The largest absolute Gasteiger partial charge is 0.491 e. The minimum Gasteiger partial charge on any atom is -0.491 e. The molecule has 0 radical (unpaired) electrons. The Balaban J connectivity index is 1.14. The van der Waals surface area contributed by atoms with E-state index in [1.165, 1.54) is 11.1 Å². The van der Waals surface area contributed by atoms with Crippen molar-refractivity contribution in [3.05, 3.63) is 83.6 Å². The maximum atomic E-state index is 12.7. The van der Waals surface area contributed by atoms with Gasteiger partial charge >= 0.3 is 6.03 Å². The highest BCUT2D eigenvalue weighted by Crippen LogP contribution is 2.31. The van der Waals surface area contributed by atoms with Gasteiger partial charge in [-0.1, -0.05) is 36.4 Å². The molecule has 0 saturated carbocycles. The van der Waals surface area contributed by atoms with Crippen LogP contribution in [-0.2, 0) is 11.3 Å². The lowest BCUT2D eigenvalue weighted by molar-refractivity contribution is 0.112. The number of aromatic nitrogens is 1. The number of nitrogens with zero attached hydrogens (tertiary/aromatic N) is 3. The lowest BCUT2D eigenvalue weighted by atomic mass is 9.98. The van der Waals surface area contributed by atoms with Crippen molar-refractivity contribution in [3.8, 4) is 17.4 Å². The zero-order valence-electron chi connectivity index (χ0n) is 22.1. The molecule has 2 amide bonds. The van der Waals surface area contributed by atoms with Gasteiger partial charge in [-0.3, -0.25) is 4.90 Å². The average molecular weight is 517 g/mol. The second kappa shape index (κ2) is 12.3. The lowest BCUT2D eigenvalue weighted by Gasteiger charge is -2.38. The van der Waals surface area contributed by atoms with E-state index in [4.69, 9.17) is 19.2 Å². The minimum atomic E-state index is 0.0567. The summed E-state index contributed by atoms with van der Waals surface area (Å²) in [7, 11) is 1.65. The Hall–Kier alpha value is -3.62. The van der Waals surface area contributed by atoms with E-state index < -0.39 is 0 Å². The molecule has 200 valence electrons. The molecule has 2 aliphatic rings. The van der Waals surface area contributed by atoms with Gasteiger partial charge in [-0.25, -0.2) is 9.78 Å². The van der Waals surface area contributed by atoms with Crippen molar-refractivity contribution in [2.75, 3.05) is 40.0 Å². The number of nitrogens with one attached hydrogen (secondary N) is 1. The predicted molar refractivity (Wildman–Crippen MR) is 146 cm³/mol. The Kier molecular flexibility index (Phi) is 8.41. The second-order valence-corrected chi connectivity index (χ2v) is 9.84. The number of carbonyl (C=O) groups excluding carboxylic acids is 1. The van der Waals surface area contributed by atoms with Crippen molar-refractivity contribution in [2.45, 2.75) is 38.4 Å². The molecule has 2 saturated heterocycles. The monoisotopic (exact) mass is 516 g/mol. The van der Waals surface area contributed by atoms with Crippen LogP contribution in [0.2, 0.25) is 0 Å². The molecule has 1 N–H and O–H groups in total. The zero-order valence-corrected chi connectivity index (χ0v) is 22.1. The topological polar surface area (TPSA) is 76.2 Å². The van der Waals surface area contributed by atoms with Gasteiger partial charge in [-0.15, -0.1) is 0 Å². The Bertz CT molecular complexity index is 1200. The van der Waals surface area contributed by atoms with Crippen LogP contribution in [0.5, 0.6) is 17.4 Å². The summed E-state index contributed by atoms with van der Waals surface area (Å²) in [5, 5.41) is 3.05. The highest BCUT2D eigenvalue weighted by Gasteiger charge is 2.38. The second-order valence-electron chi connectivity index (χ2n) is 9.84. The summed E-state index contributed by atoms with van der Waals surface area (Å²) in [6, 6.07) is 22.3. The number of hydrogen-bond donors (Lipinski definition) is 1. The molecular weight excluding hydrogens is 480 g/mol. The molecule has 3 heterocycles. The summed E-state index contributed by atoms with van der Waals surface area (Å²) in [6.07, 6.45) is 1.94. The number of aryl methyl sites for hydroxylation is 1. The molecule has 8 heteroatoms. The average Bonchev–Trinajstić information content (AvgIpc) is 3.33. The van der Waals surface area contributed by atoms with E-state index in [2.05, 4.69) is 33.3 Å². The smallest absolute Gasteiger partial charge is 0.318 e. The van der Waals surface area contributed by atoms with E-state index in [1.54, 1.807) is 7.11 Å². The first-order valence-electron chi connectivity index (χ1n) is 13.3.